The number of aromatic nitrogens is 1. The Morgan fingerprint density at radius 3 is 2.81 bits per heavy atom. The Labute approximate surface area is 181 Å². The second kappa shape index (κ2) is 8.55. The van der Waals surface area contributed by atoms with Crippen molar-refractivity contribution >= 4 is 41.1 Å². The van der Waals surface area contributed by atoms with Crippen molar-refractivity contribution in [3.63, 3.8) is 0 Å². The number of thiazole rings is 1. The molecular formula is C16H17N2NaO5S2. The zero-order valence-corrected chi connectivity index (χ0v) is 18.2. The molecule has 2 N–H and O–H groups in total. The Kier molecular flexibility index (Phi) is 7.11. The van der Waals surface area contributed by atoms with Crippen LogP contribution < -0.4 is 34.7 Å². The van der Waals surface area contributed by atoms with Crippen molar-refractivity contribution < 1.29 is 54.5 Å². The fourth-order valence-corrected chi connectivity index (χ4v) is 5.08. The van der Waals surface area contributed by atoms with Gasteiger partial charge in [0.2, 0.25) is 5.91 Å². The van der Waals surface area contributed by atoms with Crippen molar-refractivity contribution in [2.24, 2.45) is 11.8 Å². The quantitative estimate of drug-likeness (QED) is 0.388. The van der Waals surface area contributed by atoms with Gasteiger partial charge in [-0.3, -0.25) is 4.79 Å². The Bertz CT molecular complexity index is 776. The third-order valence-electron chi connectivity index (χ3n) is 4.44. The number of thioether (sulfide) groups is 1. The van der Waals surface area contributed by atoms with Gasteiger partial charge in [-0.15, -0.1) is 11.3 Å². The van der Waals surface area contributed by atoms with Crippen molar-refractivity contribution in [1.29, 1.82) is 0 Å². The summed E-state index contributed by atoms with van der Waals surface area (Å²) in [6.45, 7) is 3.25. The van der Waals surface area contributed by atoms with Gasteiger partial charge in [-0.25, -0.2) is 4.98 Å². The number of rotatable bonds is 6. The molecule has 0 saturated carbocycles. The van der Waals surface area contributed by atoms with Gasteiger partial charge in [0.05, 0.1) is 42.0 Å². The SMILES string of the molecule is C[C@@H](O)[C@H]1C(=O)N2C(C(=O)[O-])=C(S/C=C\c3nc(CO)cs3)[C@H](C)[C@H]12.[Na+]. The second-order valence-electron chi connectivity index (χ2n) is 6.01. The van der Waals surface area contributed by atoms with Gasteiger partial charge in [-0.2, -0.15) is 0 Å². The molecule has 0 unspecified atom stereocenters. The van der Waals surface area contributed by atoms with Crippen LogP contribution in [0.3, 0.4) is 0 Å². The van der Waals surface area contributed by atoms with Crippen LogP contribution in [0, 0.1) is 11.8 Å². The molecule has 0 aromatic carbocycles. The zero-order valence-electron chi connectivity index (χ0n) is 14.6. The predicted molar refractivity (Wildman–Crippen MR) is 91.7 cm³/mol. The number of carbonyl (C=O) groups is 2. The Balaban J connectivity index is 0.00000243. The summed E-state index contributed by atoms with van der Waals surface area (Å²) in [5.41, 5.74) is 0.470. The molecule has 1 fully saturated rings. The van der Waals surface area contributed by atoms with E-state index in [0.717, 1.165) is 0 Å². The molecule has 0 aliphatic carbocycles. The number of hydrogen-bond acceptors (Lipinski definition) is 8. The van der Waals surface area contributed by atoms with Crippen molar-refractivity contribution in [2.45, 2.75) is 32.6 Å². The third-order valence-corrected chi connectivity index (χ3v) is 6.39. The van der Waals surface area contributed by atoms with Gasteiger partial charge in [0.15, 0.2) is 0 Å². The van der Waals surface area contributed by atoms with E-state index < -0.39 is 18.0 Å². The van der Waals surface area contributed by atoms with Crippen molar-refractivity contribution in [3.05, 3.63) is 32.1 Å². The maximum atomic E-state index is 12.2. The molecule has 2 aliphatic rings. The number of amides is 1. The van der Waals surface area contributed by atoms with E-state index in [4.69, 9.17) is 5.11 Å². The van der Waals surface area contributed by atoms with Crippen LogP contribution in [0.2, 0.25) is 0 Å². The van der Waals surface area contributed by atoms with Crippen LogP contribution in [0.25, 0.3) is 6.08 Å². The number of aliphatic hydroxyl groups is 2. The minimum atomic E-state index is -1.39. The molecule has 0 spiro atoms. The first kappa shape index (κ1) is 21.6. The number of nitrogens with zero attached hydrogens (tertiary/aromatic N) is 2. The average molecular weight is 404 g/mol. The van der Waals surface area contributed by atoms with E-state index in [1.807, 2.05) is 6.92 Å². The fraction of sp³-hybridized carbons (Fsp3) is 0.438. The summed E-state index contributed by atoms with van der Waals surface area (Å²) in [4.78, 5) is 29.7. The van der Waals surface area contributed by atoms with Crippen LogP contribution in [0.1, 0.15) is 24.5 Å². The predicted octanol–water partition coefficient (Wildman–Crippen LogP) is -2.84. The molecule has 1 aromatic rings. The van der Waals surface area contributed by atoms with E-state index in [-0.39, 0.29) is 59.7 Å². The van der Waals surface area contributed by atoms with Gasteiger partial charge in [-0.1, -0.05) is 18.7 Å². The van der Waals surface area contributed by atoms with E-state index in [0.29, 0.717) is 15.6 Å². The number of β-lactam (4-membered cyclic amide) rings is 1. The van der Waals surface area contributed by atoms with Crippen LogP contribution in [0.4, 0.5) is 0 Å². The van der Waals surface area contributed by atoms with E-state index in [9.17, 15) is 19.8 Å². The van der Waals surface area contributed by atoms with E-state index in [1.165, 1.54) is 34.9 Å². The Morgan fingerprint density at radius 2 is 2.27 bits per heavy atom. The van der Waals surface area contributed by atoms with Gasteiger partial charge < -0.3 is 25.0 Å². The minimum absolute atomic E-state index is 0. The number of hydrogen-bond donors (Lipinski definition) is 2. The Morgan fingerprint density at radius 1 is 1.58 bits per heavy atom. The van der Waals surface area contributed by atoms with Crippen molar-refractivity contribution in [3.8, 4) is 0 Å². The van der Waals surface area contributed by atoms with Crippen molar-refractivity contribution in [2.75, 3.05) is 0 Å². The number of fused-ring (bicyclic) bond motifs is 1. The van der Waals surface area contributed by atoms with Gasteiger partial charge in [0.25, 0.3) is 0 Å². The molecular weight excluding hydrogens is 387 g/mol. The molecule has 2 aliphatic heterocycles. The minimum Gasteiger partial charge on any atom is -0.543 e. The van der Waals surface area contributed by atoms with E-state index in [1.54, 1.807) is 16.9 Å². The summed E-state index contributed by atoms with van der Waals surface area (Å²) < 4.78 is 0. The fourth-order valence-electron chi connectivity index (χ4n) is 3.31. The number of carboxylic acid groups (broad SMARTS) is 1. The number of carboxylic acids is 1. The number of aliphatic hydroxyl groups excluding tert-OH is 2. The van der Waals surface area contributed by atoms with Crippen LogP contribution >= 0.6 is 23.1 Å². The van der Waals surface area contributed by atoms with Crippen molar-refractivity contribution in [1.82, 2.24) is 9.88 Å². The maximum absolute atomic E-state index is 12.2. The molecule has 0 radical (unpaired) electrons. The van der Waals surface area contributed by atoms with Crippen LogP contribution in [-0.4, -0.2) is 44.1 Å². The molecule has 7 nitrogen and oxygen atoms in total. The summed E-state index contributed by atoms with van der Waals surface area (Å²) in [5.74, 6) is -2.56. The van der Waals surface area contributed by atoms with E-state index in [2.05, 4.69) is 4.98 Å². The summed E-state index contributed by atoms with van der Waals surface area (Å²) in [5, 5.41) is 34.5. The first-order valence-electron chi connectivity index (χ1n) is 7.72. The molecule has 1 amide bonds. The molecule has 3 heterocycles. The molecule has 0 bridgehead atoms. The number of aliphatic carboxylic acids is 1. The summed E-state index contributed by atoms with van der Waals surface area (Å²) in [6.07, 6.45) is 0.899. The topological polar surface area (TPSA) is 114 Å². The average Bonchev–Trinajstić information content (AvgIpc) is 3.09. The first-order chi connectivity index (χ1) is 11.9. The first-order valence-corrected chi connectivity index (χ1v) is 9.47. The standard InChI is InChI=1S/C16H18N2O5S2.Na/c1-7-12-11(8(2)20)15(21)18(12)13(16(22)23)14(7)24-4-3-10-17-9(5-19)6-25-10;/h3-4,6-8,11-12,19-20H,5H2,1-2H3,(H,22,23);/q;+1/p-1/b4-3-;/t7-,8-,11-,12-;/m1./s1. The molecule has 10 heteroatoms. The molecule has 1 saturated heterocycles. The summed E-state index contributed by atoms with van der Waals surface area (Å²) in [6, 6.07) is -0.350. The van der Waals surface area contributed by atoms with E-state index >= 15 is 0 Å². The van der Waals surface area contributed by atoms with Gasteiger partial charge >= 0.3 is 29.6 Å². The van der Waals surface area contributed by atoms with Gasteiger partial charge in [0, 0.05) is 16.2 Å². The van der Waals surface area contributed by atoms with Crippen LogP contribution in [-0.2, 0) is 16.2 Å². The maximum Gasteiger partial charge on any atom is 1.00 e. The molecule has 4 atom stereocenters. The Hall–Kier alpha value is -0.680. The molecule has 3 rings (SSSR count). The molecule has 26 heavy (non-hydrogen) atoms. The zero-order chi connectivity index (χ0) is 18.3. The second-order valence-corrected chi connectivity index (χ2v) is 7.85. The molecule has 1 aromatic heterocycles. The van der Waals surface area contributed by atoms with Crippen LogP contribution in [0.15, 0.2) is 21.4 Å². The largest absolute Gasteiger partial charge is 1.00 e. The smallest absolute Gasteiger partial charge is 0.543 e. The van der Waals surface area contributed by atoms with Gasteiger partial charge in [0.1, 0.15) is 5.01 Å². The van der Waals surface area contributed by atoms with Crippen LogP contribution in [0.5, 0.6) is 0 Å². The summed E-state index contributed by atoms with van der Waals surface area (Å²) >= 11 is 2.58. The monoisotopic (exact) mass is 404 g/mol. The van der Waals surface area contributed by atoms with Gasteiger partial charge in [-0.05, 0) is 18.4 Å². The third kappa shape index (κ3) is 3.66. The molecule has 134 valence electrons. The summed E-state index contributed by atoms with van der Waals surface area (Å²) in [7, 11) is 0. The normalized spacial score (nSPS) is 25.9. The number of carbonyl (C=O) groups excluding carboxylic acids is 2.